The molecule has 130 valence electrons. The van der Waals surface area contributed by atoms with Crippen LogP contribution in [-0.4, -0.2) is 38.0 Å². The predicted molar refractivity (Wildman–Crippen MR) is 99.2 cm³/mol. The Morgan fingerprint density at radius 1 is 0.960 bits per heavy atom. The quantitative estimate of drug-likeness (QED) is 0.756. The minimum atomic E-state index is -3.19. The molecule has 2 atom stereocenters. The summed E-state index contributed by atoms with van der Waals surface area (Å²) in [6, 6.07) is 13.5. The van der Waals surface area contributed by atoms with Gasteiger partial charge in [0.1, 0.15) is 0 Å². The van der Waals surface area contributed by atoms with Gasteiger partial charge in [0, 0.05) is 16.4 Å². The van der Waals surface area contributed by atoms with Crippen molar-refractivity contribution in [3.05, 3.63) is 59.1 Å². The standard InChI is InChI=1S/C18H17ClN2O3S/c1-12-4-2-3-5-15(12)21-17-11-25(23,24)10-16(17)20(18(21)22)14-8-6-13(19)7-9-14/h2-9,16-17H,10-11H2,1H3. The maximum Gasteiger partial charge on any atom is 0.329 e. The topological polar surface area (TPSA) is 57.7 Å². The molecule has 2 amide bonds. The molecule has 0 spiro atoms. The summed E-state index contributed by atoms with van der Waals surface area (Å²) < 4.78 is 24.5. The van der Waals surface area contributed by atoms with Gasteiger partial charge in [-0.2, -0.15) is 0 Å². The SMILES string of the molecule is Cc1ccccc1N1C(=O)N(c2ccc(Cl)cc2)C2CS(=O)(=O)CC21. The molecule has 2 fully saturated rings. The summed E-state index contributed by atoms with van der Waals surface area (Å²) in [6.45, 7) is 1.92. The van der Waals surface area contributed by atoms with Crippen molar-refractivity contribution in [1.29, 1.82) is 0 Å². The van der Waals surface area contributed by atoms with E-state index in [0.29, 0.717) is 10.7 Å². The second-order valence-electron chi connectivity index (χ2n) is 6.50. The molecule has 0 radical (unpaired) electrons. The Kier molecular flexibility index (Phi) is 3.77. The van der Waals surface area contributed by atoms with E-state index in [4.69, 9.17) is 11.6 Å². The predicted octanol–water partition coefficient (Wildman–Crippen LogP) is 3.26. The number of benzene rings is 2. The molecule has 2 heterocycles. The van der Waals surface area contributed by atoms with Crippen LogP contribution in [-0.2, 0) is 9.84 Å². The van der Waals surface area contributed by atoms with E-state index in [9.17, 15) is 13.2 Å². The van der Waals surface area contributed by atoms with Crippen LogP contribution in [0, 0.1) is 6.92 Å². The fourth-order valence-corrected chi connectivity index (χ4v) is 5.77. The van der Waals surface area contributed by atoms with Crippen molar-refractivity contribution in [1.82, 2.24) is 0 Å². The third-order valence-corrected chi connectivity index (χ3v) is 6.80. The number of nitrogens with zero attached hydrogens (tertiary/aromatic N) is 2. The number of carbonyl (C=O) groups excluding carboxylic acids is 1. The molecular weight excluding hydrogens is 360 g/mol. The fraction of sp³-hybridized carbons (Fsp3) is 0.278. The van der Waals surface area contributed by atoms with Gasteiger partial charge in [-0.3, -0.25) is 9.80 Å². The number of anilines is 2. The third kappa shape index (κ3) is 2.69. The minimum Gasteiger partial charge on any atom is -0.288 e. The average Bonchev–Trinajstić information content (AvgIpc) is 2.99. The molecule has 7 heteroatoms. The van der Waals surface area contributed by atoms with Crippen molar-refractivity contribution in [2.75, 3.05) is 21.3 Å². The van der Waals surface area contributed by atoms with Crippen LogP contribution in [0.2, 0.25) is 5.02 Å². The summed E-state index contributed by atoms with van der Waals surface area (Å²) in [5, 5.41) is 0.571. The summed E-state index contributed by atoms with van der Waals surface area (Å²) in [6.07, 6.45) is 0. The maximum absolute atomic E-state index is 13.2. The van der Waals surface area contributed by atoms with Crippen molar-refractivity contribution in [3.8, 4) is 0 Å². The molecule has 2 aromatic rings. The first-order valence-electron chi connectivity index (χ1n) is 8.01. The number of aryl methyl sites for hydroxylation is 1. The minimum absolute atomic E-state index is 0.0121. The van der Waals surface area contributed by atoms with E-state index >= 15 is 0 Å². The molecule has 2 aliphatic rings. The van der Waals surface area contributed by atoms with Crippen LogP contribution in [0.15, 0.2) is 48.5 Å². The molecule has 5 nitrogen and oxygen atoms in total. The van der Waals surface area contributed by atoms with Crippen LogP contribution in [0.5, 0.6) is 0 Å². The zero-order valence-electron chi connectivity index (χ0n) is 13.6. The molecule has 0 N–H and O–H groups in total. The summed E-state index contributed by atoms with van der Waals surface area (Å²) >= 11 is 5.95. The summed E-state index contributed by atoms with van der Waals surface area (Å²) in [5.41, 5.74) is 2.37. The van der Waals surface area contributed by atoms with Crippen molar-refractivity contribution >= 4 is 38.8 Å². The van der Waals surface area contributed by atoms with Gasteiger partial charge in [-0.1, -0.05) is 29.8 Å². The van der Waals surface area contributed by atoms with Gasteiger partial charge in [0.15, 0.2) is 9.84 Å². The lowest BCUT2D eigenvalue weighted by Crippen LogP contribution is -2.38. The molecule has 4 rings (SSSR count). The molecule has 2 aromatic carbocycles. The zero-order chi connectivity index (χ0) is 17.8. The van der Waals surface area contributed by atoms with E-state index in [2.05, 4.69) is 0 Å². The Bertz CT molecular complexity index is 943. The van der Waals surface area contributed by atoms with E-state index in [1.54, 1.807) is 34.1 Å². The Balaban J connectivity index is 1.83. The molecule has 0 aromatic heterocycles. The number of hydrogen-bond acceptors (Lipinski definition) is 3. The average molecular weight is 377 g/mol. The molecule has 2 saturated heterocycles. The summed E-state index contributed by atoms with van der Waals surface area (Å²) in [7, 11) is -3.19. The van der Waals surface area contributed by atoms with Gasteiger partial charge >= 0.3 is 6.03 Å². The lowest BCUT2D eigenvalue weighted by atomic mass is 10.1. The van der Waals surface area contributed by atoms with E-state index in [-0.39, 0.29) is 23.6 Å². The monoisotopic (exact) mass is 376 g/mol. The van der Waals surface area contributed by atoms with Gasteiger partial charge in [0.2, 0.25) is 0 Å². The van der Waals surface area contributed by atoms with Crippen LogP contribution >= 0.6 is 11.6 Å². The number of fused-ring (bicyclic) bond motifs is 1. The molecular formula is C18H17ClN2O3S. The fourth-order valence-electron chi connectivity index (χ4n) is 3.72. The maximum atomic E-state index is 13.2. The summed E-state index contributed by atoms with van der Waals surface area (Å²) in [5.74, 6) is -0.0315. The lowest BCUT2D eigenvalue weighted by Gasteiger charge is -2.24. The van der Waals surface area contributed by atoms with Gasteiger partial charge in [-0.15, -0.1) is 0 Å². The number of sulfone groups is 1. The first kappa shape index (κ1) is 16.4. The van der Waals surface area contributed by atoms with Crippen molar-refractivity contribution in [2.24, 2.45) is 0 Å². The van der Waals surface area contributed by atoms with Gasteiger partial charge in [-0.05, 0) is 42.8 Å². The van der Waals surface area contributed by atoms with Gasteiger partial charge in [0.05, 0.1) is 23.6 Å². The number of halogens is 1. The Labute approximate surface area is 151 Å². The van der Waals surface area contributed by atoms with Crippen LogP contribution in [0.3, 0.4) is 0 Å². The molecule has 0 saturated carbocycles. The largest absolute Gasteiger partial charge is 0.329 e. The smallest absolute Gasteiger partial charge is 0.288 e. The highest BCUT2D eigenvalue weighted by Gasteiger charge is 2.54. The number of rotatable bonds is 2. The molecule has 25 heavy (non-hydrogen) atoms. The van der Waals surface area contributed by atoms with E-state index in [1.807, 2.05) is 31.2 Å². The highest BCUT2D eigenvalue weighted by atomic mass is 35.5. The third-order valence-electron chi connectivity index (χ3n) is 4.85. The Morgan fingerprint density at radius 3 is 2.20 bits per heavy atom. The van der Waals surface area contributed by atoms with Crippen LogP contribution < -0.4 is 9.80 Å². The van der Waals surface area contributed by atoms with E-state index < -0.39 is 15.9 Å². The first-order valence-corrected chi connectivity index (χ1v) is 10.2. The van der Waals surface area contributed by atoms with Gasteiger partial charge < -0.3 is 0 Å². The molecule has 2 unspecified atom stereocenters. The highest BCUT2D eigenvalue weighted by molar-refractivity contribution is 7.91. The molecule has 0 bridgehead atoms. The van der Waals surface area contributed by atoms with Crippen LogP contribution in [0.25, 0.3) is 0 Å². The van der Waals surface area contributed by atoms with Crippen molar-refractivity contribution < 1.29 is 13.2 Å². The number of hydrogen-bond donors (Lipinski definition) is 0. The Hall–Kier alpha value is -2.05. The molecule has 2 aliphatic heterocycles. The first-order chi connectivity index (χ1) is 11.9. The normalized spacial score (nSPS) is 24.6. The number of amides is 2. The number of urea groups is 1. The number of para-hydroxylation sites is 1. The second kappa shape index (κ2) is 5.75. The molecule has 0 aliphatic carbocycles. The second-order valence-corrected chi connectivity index (χ2v) is 9.09. The summed E-state index contributed by atoms with van der Waals surface area (Å²) in [4.78, 5) is 16.4. The Morgan fingerprint density at radius 2 is 1.56 bits per heavy atom. The van der Waals surface area contributed by atoms with Gasteiger partial charge in [0.25, 0.3) is 0 Å². The van der Waals surface area contributed by atoms with Crippen molar-refractivity contribution in [3.63, 3.8) is 0 Å². The lowest BCUT2D eigenvalue weighted by molar-refractivity contribution is 0.255. The van der Waals surface area contributed by atoms with Crippen LogP contribution in [0.4, 0.5) is 16.2 Å². The highest BCUT2D eigenvalue weighted by Crippen LogP contribution is 2.39. The van der Waals surface area contributed by atoms with Crippen LogP contribution in [0.1, 0.15) is 5.56 Å². The van der Waals surface area contributed by atoms with E-state index in [1.165, 1.54) is 0 Å². The van der Waals surface area contributed by atoms with E-state index in [0.717, 1.165) is 11.3 Å². The zero-order valence-corrected chi connectivity index (χ0v) is 15.2. The van der Waals surface area contributed by atoms with Crippen molar-refractivity contribution in [2.45, 2.75) is 19.0 Å². The number of carbonyl (C=O) groups is 1. The van der Waals surface area contributed by atoms with Gasteiger partial charge in [-0.25, -0.2) is 13.2 Å².